The first-order valence-corrected chi connectivity index (χ1v) is 9.93. The van der Waals surface area contributed by atoms with Crippen molar-refractivity contribution in [3.8, 4) is 0 Å². The highest BCUT2D eigenvalue weighted by molar-refractivity contribution is 7.15. The minimum absolute atomic E-state index is 0.0111. The average molecular weight is 376 g/mol. The zero-order valence-electron chi connectivity index (χ0n) is 15.7. The van der Waals surface area contributed by atoms with Crippen molar-refractivity contribution in [1.82, 2.24) is 4.98 Å². The van der Waals surface area contributed by atoms with Gasteiger partial charge in [-0.1, -0.05) is 20.8 Å². The van der Waals surface area contributed by atoms with E-state index in [1.165, 1.54) is 31.4 Å². The number of carbonyl (C=O) groups excluding carboxylic acids is 1. The molecule has 0 atom stereocenters. The second-order valence-electron chi connectivity index (χ2n) is 7.77. The van der Waals surface area contributed by atoms with Crippen LogP contribution in [0.3, 0.4) is 0 Å². The maximum atomic E-state index is 13.3. The summed E-state index contributed by atoms with van der Waals surface area (Å²) in [4.78, 5) is 22.6. The predicted molar refractivity (Wildman–Crippen MR) is 105 cm³/mol. The van der Waals surface area contributed by atoms with E-state index in [2.05, 4.69) is 9.88 Å². The Bertz CT molecular complexity index is 745. The van der Waals surface area contributed by atoms with Crippen molar-refractivity contribution in [2.24, 2.45) is 5.41 Å². The van der Waals surface area contributed by atoms with E-state index in [4.69, 9.17) is 0 Å². The van der Waals surface area contributed by atoms with Crippen molar-refractivity contribution in [3.05, 3.63) is 41.2 Å². The summed E-state index contributed by atoms with van der Waals surface area (Å²) < 4.78 is 13.3. The topological polar surface area (TPSA) is 36.4 Å². The fourth-order valence-corrected chi connectivity index (χ4v) is 4.01. The molecule has 26 heavy (non-hydrogen) atoms. The summed E-state index contributed by atoms with van der Waals surface area (Å²) in [6, 6.07) is 6.10. The molecule has 0 N–H and O–H groups in total. The van der Waals surface area contributed by atoms with Gasteiger partial charge in [-0.15, -0.1) is 11.3 Å². The Hall–Kier alpha value is -1.95. The zero-order valence-corrected chi connectivity index (χ0v) is 16.5. The average Bonchev–Trinajstić information content (AvgIpc) is 3.09. The molecular weight excluding hydrogens is 349 g/mol. The molecule has 1 fully saturated rings. The van der Waals surface area contributed by atoms with E-state index in [1.54, 1.807) is 28.4 Å². The Morgan fingerprint density at radius 3 is 2.46 bits per heavy atom. The summed E-state index contributed by atoms with van der Waals surface area (Å²) >= 11 is 1.64. The molecule has 1 aromatic heterocycles. The normalized spacial score (nSPS) is 15.2. The molecule has 1 saturated heterocycles. The highest BCUT2D eigenvalue weighted by atomic mass is 32.1. The third-order valence-corrected chi connectivity index (χ3v) is 5.55. The number of halogens is 1. The lowest BCUT2D eigenvalue weighted by Crippen LogP contribution is -2.39. The Morgan fingerprint density at radius 2 is 1.85 bits per heavy atom. The van der Waals surface area contributed by atoms with Crippen molar-refractivity contribution in [3.63, 3.8) is 0 Å². The van der Waals surface area contributed by atoms with Crippen molar-refractivity contribution < 1.29 is 9.18 Å². The molecule has 0 saturated carbocycles. The molecule has 1 aliphatic rings. The number of hydrogen-bond donors (Lipinski definition) is 0. The lowest BCUT2D eigenvalue weighted by molar-refractivity contribution is -0.125. The van der Waals surface area contributed by atoms with E-state index in [1.807, 2.05) is 27.0 Å². The smallest absolute Gasteiger partial charge is 0.232 e. The van der Waals surface area contributed by atoms with Gasteiger partial charge in [-0.05, 0) is 43.5 Å². The molecule has 2 heterocycles. The van der Waals surface area contributed by atoms with E-state index in [9.17, 15) is 9.18 Å². The number of rotatable bonds is 4. The van der Waals surface area contributed by atoms with Crippen LogP contribution in [0.5, 0.6) is 0 Å². The van der Waals surface area contributed by atoms with Crippen molar-refractivity contribution >= 4 is 28.1 Å². The van der Waals surface area contributed by atoms with E-state index in [0.717, 1.165) is 23.1 Å². The van der Waals surface area contributed by atoms with Crippen LogP contribution in [0.15, 0.2) is 30.5 Å². The monoisotopic (exact) mass is 375 g/mol. The Labute approximate surface area is 158 Å². The highest BCUT2D eigenvalue weighted by Crippen LogP contribution is 2.30. The van der Waals surface area contributed by atoms with Crippen LogP contribution in [0.1, 0.15) is 44.9 Å². The van der Waals surface area contributed by atoms with Gasteiger partial charge in [0, 0.05) is 35.3 Å². The molecular formula is C20H26FN3OS. The molecule has 0 bridgehead atoms. The summed E-state index contributed by atoms with van der Waals surface area (Å²) in [5.74, 6) is -0.292. The van der Waals surface area contributed by atoms with Crippen molar-refractivity contribution in [2.45, 2.75) is 46.6 Å². The van der Waals surface area contributed by atoms with E-state index < -0.39 is 5.41 Å². The van der Waals surface area contributed by atoms with Crippen LogP contribution >= 0.6 is 11.3 Å². The molecule has 140 valence electrons. The van der Waals surface area contributed by atoms with Crippen LogP contribution in [-0.4, -0.2) is 24.0 Å². The predicted octanol–water partition coefficient (Wildman–Crippen LogP) is 4.85. The second-order valence-corrected chi connectivity index (χ2v) is 8.87. The maximum Gasteiger partial charge on any atom is 0.232 e. The number of benzene rings is 1. The lowest BCUT2D eigenvalue weighted by atomic mass is 9.94. The zero-order chi connectivity index (χ0) is 18.7. The van der Waals surface area contributed by atoms with Crippen LogP contribution in [-0.2, 0) is 11.3 Å². The van der Waals surface area contributed by atoms with Gasteiger partial charge in [0.15, 0.2) is 5.13 Å². The van der Waals surface area contributed by atoms with Crippen LogP contribution in [0.4, 0.5) is 15.2 Å². The first-order chi connectivity index (χ1) is 12.3. The molecule has 0 spiro atoms. The summed E-state index contributed by atoms with van der Waals surface area (Å²) in [5.41, 5.74) is 0.189. The van der Waals surface area contributed by atoms with Crippen molar-refractivity contribution in [2.75, 3.05) is 22.9 Å². The van der Waals surface area contributed by atoms with Gasteiger partial charge in [0.05, 0.1) is 6.54 Å². The molecule has 6 heteroatoms. The third-order valence-electron chi connectivity index (χ3n) is 4.51. The van der Waals surface area contributed by atoms with Crippen LogP contribution in [0, 0.1) is 11.2 Å². The first kappa shape index (κ1) is 18.8. The van der Waals surface area contributed by atoms with Gasteiger partial charge in [0.1, 0.15) is 5.82 Å². The lowest BCUT2D eigenvalue weighted by Gasteiger charge is -2.29. The SMILES string of the molecule is CC(C)(C)C(=O)N(Cc1cnc(N2CCCCC2)s1)c1ccc(F)cc1. The summed E-state index contributed by atoms with van der Waals surface area (Å²) in [5, 5.41) is 1.03. The first-order valence-electron chi connectivity index (χ1n) is 9.12. The van der Waals surface area contributed by atoms with Crippen molar-refractivity contribution in [1.29, 1.82) is 0 Å². The van der Waals surface area contributed by atoms with Gasteiger partial charge < -0.3 is 9.80 Å². The van der Waals surface area contributed by atoms with Gasteiger partial charge in [-0.2, -0.15) is 0 Å². The summed E-state index contributed by atoms with van der Waals surface area (Å²) in [6.07, 6.45) is 5.56. The maximum absolute atomic E-state index is 13.3. The number of carbonyl (C=O) groups is 1. The Kier molecular flexibility index (Phi) is 5.61. The van der Waals surface area contributed by atoms with Crippen LogP contribution in [0.25, 0.3) is 0 Å². The fourth-order valence-electron chi connectivity index (χ4n) is 3.06. The van der Waals surface area contributed by atoms with E-state index >= 15 is 0 Å². The standard InChI is InChI=1S/C20H26FN3OS/c1-20(2,3)18(25)24(16-9-7-15(21)8-10-16)14-17-13-22-19(26-17)23-11-5-4-6-12-23/h7-10,13H,4-6,11-12,14H2,1-3H3. The van der Waals surface area contributed by atoms with Gasteiger partial charge in [-0.25, -0.2) is 9.37 Å². The molecule has 1 aromatic carbocycles. The molecule has 0 unspecified atom stereocenters. The number of anilines is 2. The number of amides is 1. The van der Waals surface area contributed by atoms with E-state index in [0.29, 0.717) is 12.2 Å². The third kappa shape index (κ3) is 4.41. The molecule has 0 aliphatic carbocycles. The quantitative estimate of drug-likeness (QED) is 0.766. The fraction of sp³-hybridized carbons (Fsp3) is 0.500. The van der Waals surface area contributed by atoms with Gasteiger partial charge in [0.2, 0.25) is 5.91 Å². The molecule has 1 amide bonds. The number of hydrogen-bond acceptors (Lipinski definition) is 4. The Morgan fingerprint density at radius 1 is 1.19 bits per heavy atom. The van der Waals surface area contributed by atoms with Gasteiger partial charge >= 0.3 is 0 Å². The minimum atomic E-state index is -0.519. The molecule has 2 aromatic rings. The van der Waals surface area contributed by atoms with Gasteiger partial charge in [-0.3, -0.25) is 4.79 Å². The van der Waals surface area contributed by atoms with Crippen LogP contribution < -0.4 is 9.80 Å². The number of piperidine rings is 1. The Balaban J connectivity index is 1.82. The minimum Gasteiger partial charge on any atom is -0.348 e. The summed E-state index contributed by atoms with van der Waals surface area (Å²) in [6.45, 7) is 8.26. The van der Waals surface area contributed by atoms with E-state index in [-0.39, 0.29) is 11.7 Å². The number of aromatic nitrogens is 1. The highest BCUT2D eigenvalue weighted by Gasteiger charge is 2.29. The molecule has 1 aliphatic heterocycles. The second kappa shape index (κ2) is 7.74. The largest absolute Gasteiger partial charge is 0.348 e. The number of thiazole rings is 1. The van der Waals surface area contributed by atoms with Crippen LogP contribution in [0.2, 0.25) is 0 Å². The number of nitrogens with zero attached hydrogens (tertiary/aromatic N) is 3. The summed E-state index contributed by atoms with van der Waals surface area (Å²) in [7, 11) is 0. The molecule has 4 nitrogen and oxygen atoms in total. The molecule has 3 rings (SSSR count). The van der Waals surface area contributed by atoms with Gasteiger partial charge in [0.25, 0.3) is 0 Å². The molecule has 0 radical (unpaired) electrons.